The van der Waals surface area contributed by atoms with Crippen molar-refractivity contribution in [2.24, 2.45) is 0 Å². The van der Waals surface area contributed by atoms with E-state index in [1.165, 1.54) is 0 Å². The maximum atomic E-state index is 11.1. The van der Waals surface area contributed by atoms with Crippen molar-refractivity contribution in [1.29, 1.82) is 0 Å². The van der Waals surface area contributed by atoms with Crippen molar-refractivity contribution in [2.45, 2.75) is 12.8 Å². The maximum Gasteiger partial charge on any atom is 0.228 e. The lowest BCUT2D eigenvalue weighted by atomic mass is 10.0. The van der Waals surface area contributed by atoms with Gasteiger partial charge in [-0.2, -0.15) is 5.10 Å². The highest BCUT2D eigenvalue weighted by atomic mass is 79.9. The Morgan fingerprint density at radius 2 is 2.29 bits per heavy atom. The van der Waals surface area contributed by atoms with Gasteiger partial charge in [-0.05, 0) is 51.3 Å². The maximum absolute atomic E-state index is 11.1. The lowest BCUT2D eigenvalue weighted by molar-refractivity contribution is -0.112. The largest absolute Gasteiger partial charge is 0.281 e. The quantitative estimate of drug-likeness (QED) is 0.813. The monoisotopic (exact) mass is 312 g/mol. The van der Waals surface area contributed by atoms with Crippen LogP contribution in [0, 0.1) is 0 Å². The highest BCUT2D eigenvalue weighted by molar-refractivity contribution is 9.10. The Hall–Kier alpha value is -1.13. The number of halogens is 2. The van der Waals surface area contributed by atoms with E-state index in [9.17, 15) is 4.79 Å². The van der Waals surface area contributed by atoms with E-state index < -0.39 is 0 Å². The van der Waals surface area contributed by atoms with Crippen LogP contribution in [-0.2, 0) is 4.79 Å². The summed E-state index contributed by atoms with van der Waals surface area (Å²) < 4.78 is 2.63. The molecule has 1 atom stereocenters. The van der Waals surface area contributed by atoms with Crippen molar-refractivity contribution in [3.63, 3.8) is 0 Å². The molecule has 17 heavy (non-hydrogen) atoms. The normalized spacial score (nSPS) is 12.4. The van der Waals surface area contributed by atoms with E-state index in [0.717, 1.165) is 15.7 Å². The van der Waals surface area contributed by atoms with Crippen molar-refractivity contribution in [3.8, 4) is 5.69 Å². The van der Waals surface area contributed by atoms with Crippen LogP contribution in [0.15, 0.2) is 41.1 Å². The van der Waals surface area contributed by atoms with Crippen LogP contribution in [0.4, 0.5) is 0 Å². The van der Waals surface area contributed by atoms with Gasteiger partial charge < -0.3 is 0 Å². The second kappa shape index (κ2) is 5.02. The molecular weight excluding hydrogens is 304 g/mol. The van der Waals surface area contributed by atoms with E-state index >= 15 is 0 Å². The van der Waals surface area contributed by atoms with Gasteiger partial charge in [0.1, 0.15) is 0 Å². The van der Waals surface area contributed by atoms with Gasteiger partial charge in [-0.1, -0.05) is 13.0 Å². The third-order valence-electron chi connectivity index (χ3n) is 2.56. The average molecular weight is 314 g/mol. The van der Waals surface area contributed by atoms with Gasteiger partial charge >= 0.3 is 0 Å². The molecule has 1 unspecified atom stereocenters. The van der Waals surface area contributed by atoms with Crippen LogP contribution in [0.1, 0.15) is 18.4 Å². The summed E-state index contributed by atoms with van der Waals surface area (Å²) in [5.74, 6) is -0.306. The van der Waals surface area contributed by atoms with Crippen LogP contribution in [-0.4, -0.2) is 15.0 Å². The predicted molar refractivity (Wildman–Crippen MR) is 70.5 cm³/mol. The molecule has 1 aromatic carbocycles. The van der Waals surface area contributed by atoms with Crippen molar-refractivity contribution in [1.82, 2.24) is 9.78 Å². The summed E-state index contributed by atoms with van der Waals surface area (Å²) in [5, 5.41) is 3.79. The summed E-state index contributed by atoms with van der Waals surface area (Å²) in [6.45, 7) is 1.78. The Balaban J connectivity index is 2.39. The van der Waals surface area contributed by atoms with Gasteiger partial charge in [0.25, 0.3) is 0 Å². The molecule has 0 bridgehead atoms. The number of carbonyl (C=O) groups is 1. The van der Waals surface area contributed by atoms with Crippen molar-refractivity contribution in [2.75, 3.05) is 0 Å². The highest BCUT2D eigenvalue weighted by Gasteiger charge is 2.14. The summed E-state index contributed by atoms with van der Waals surface area (Å²) in [7, 11) is 0. The van der Waals surface area contributed by atoms with Crippen molar-refractivity contribution >= 4 is 32.8 Å². The predicted octanol–water partition coefficient (Wildman–Crippen LogP) is 3.50. The minimum atomic E-state index is -0.358. The van der Waals surface area contributed by atoms with E-state index in [-0.39, 0.29) is 11.2 Å². The summed E-state index contributed by atoms with van der Waals surface area (Å²) in [6, 6.07) is 7.53. The molecule has 2 aromatic rings. The van der Waals surface area contributed by atoms with E-state index in [1.54, 1.807) is 17.8 Å². The van der Waals surface area contributed by atoms with Crippen LogP contribution in [0.25, 0.3) is 5.69 Å². The molecule has 0 N–H and O–H groups in total. The Kier molecular flexibility index (Phi) is 3.64. The van der Waals surface area contributed by atoms with Gasteiger partial charge in [0.15, 0.2) is 0 Å². The zero-order valence-electron chi connectivity index (χ0n) is 9.10. The van der Waals surface area contributed by atoms with Gasteiger partial charge in [-0.3, -0.25) is 4.79 Å². The molecule has 3 nitrogen and oxygen atoms in total. The molecule has 2 rings (SSSR count). The molecule has 0 spiro atoms. The first-order valence-corrected chi connectivity index (χ1v) is 6.25. The van der Waals surface area contributed by atoms with Gasteiger partial charge in [0.2, 0.25) is 5.24 Å². The molecule has 0 fully saturated rings. The first-order valence-electron chi connectivity index (χ1n) is 5.08. The van der Waals surface area contributed by atoms with E-state index in [4.69, 9.17) is 11.6 Å². The van der Waals surface area contributed by atoms with Crippen LogP contribution in [0.5, 0.6) is 0 Å². The number of carbonyl (C=O) groups excluding carboxylic acids is 1. The molecule has 5 heteroatoms. The third-order valence-corrected chi connectivity index (χ3v) is 3.53. The number of nitrogens with zero attached hydrogens (tertiary/aromatic N) is 2. The van der Waals surface area contributed by atoms with E-state index in [2.05, 4.69) is 21.0 Å². The third kappa shape index (κ3) is 2.58. The standard InChI is InChI=1S/C12H10BrClN2O/c1-8(12(14)17)9-3-4-11(10(13)7-9)16-6-2-5-15-16/h2-8H,1H3. The van der Waals surface area contributed by atoms with Gasteiger partial charge in [0.05, 0.1) is 11.6 Å². The Bertz CT molecular complexity index is 539. The highest BCUT2D eigenvalue weighted by Crippen LogP contribution is 2.26. The number of hydrogen-bond donors (Lipinski definition) is 0. The molecule has 0 radical (unpaired) electrons. The fourth-order valence-electron chi connectivity index (χ4n) is 1.52. The molecule has 0 aliphatic rings. The number of benzene rings is 1. The summed E-state index contributed by atoms with van der Waals surface area (Å²) in [4.78, 5) is 11.1. The molecule has 0 aliphatic heterocycles. The average Bonchev–Trinajstić information content (AvgIpc) is 2.81. The molecule has 0 saturated carbocycles. The summed E-state index contributed by atoms with van der Waals surface area (Å²) >= 11 is 8.95. The molecule has 0 amide bonds. The number of rotatable bonds is 3. The fourth-order valence-corrected chi connectivity index (χ4v) is 2.22. The number of aromatic nitrogens is 2. The van der Waals surface area contributed by atoms with Crippen LogP contribution < -0.4 is 0 Å². The van der Waals surface area contributed by atoms with Gasteiger partial charge in [-0.25, -0.2) is 4.68 Å². The Labute approximate surface area is 113 Å². The second-order valence-electron chi connectivity index (χ2n) is 3.69. The zero-order chi connectivity index (χ0) is 12.4. The molecule has 0 saturated heterocycles. The Morgan fingerprint density at radius 3 is 2.82 bits per heavy atom. The summed E-state index contributed by atoms with van der Waals surface area (Å²) in [5.41, 5.74) is 1.81. The smallest absolute Gasteiger partial charge is 0.228 e. The first-order chi connectivity index (χ1) is 8.09. The molecule has 1 heterocycles. The van der Waals surface area contributed by atoms with E-state index in [1.807, 2.05) is 30.5 Å². The van der Waals surface area contributed by atoms with Crippen LogP contribution in [0.3, 0.4) is 0 Å². The zero-order valence-corrected chi connectivity index (χ0v) is 11.4. The first kappa shape index (κ1) is 12.3. The van der Waals surface area contributed by atoms with Gasteiger partial charge in [0, 0.05) is 16.9 Å². The van der Waals surface area contributed by atoms with Crippen molar-refractivity contribution < 1.29 is 4.79 Å². The summed E-state index contributed by atoms with van der Waals surface area (Å²) in [6.07, 6.45) is 3.57. The topological polar surface area (TPSA) is 34.9 Å². The van der Waals surface area contributed by atoms with Crippen LogP contribution in [0.2, 0.25) is 0 Å². The molecule has 0 aliphatic carbocycles. The lowest BCUT2D eigenvalue weighted by Crippen LogP contribution is -2.03. The van der Waals surface area contributed by atoms with E-state index in [0.29, 0.717) is 0 Å². The fraction of sp³-hybridized carbons (Fsp3) is 0.167. The second-order valence-corrected chi connectivity index (χ2v) is 4.91. The Morgan fingerprint density at radius 1 is 1.53 bits per heavy atom. The SMILES string of the molecule is CC(C(=O)Cl)c1ccc(-n2cccn2)c(Br)c1. The van der Waals surface area contributed by atoms with Crippen LogP contribution >= 0.6 is 27.5 Å². The minimum absolute atomic E-state index is 0.306. The van der Waals surface area contributed by atoms with Crippen molar-refractivity contribution in [3.05, 3.63) is 46.7 Å². The minimum Gasteiger partial charge on any atom is -0.281 e. The molecule has 88 valence electrons. The number of hydrogen-bond acceptors (Lipinski definition) is 2. The lowest BCUT2D eigenvalue weighted by Gasteiger charge is -2.10. The van der Waals surface area contributed by atoms with Gasteiger partial charge in [-0.15, -0.1) is 0 Å². The molecule has 1 aromatic heterocycles. The molecular formula is C12H10BrClN2O.